The van der Waals surface area contributed by atoms with Gasteiger partial charge >= 0.3 is 0 Å². The number of benzene rings is 2. The molecule has 0 saturated carbocycles. The number of piperazine rings is 1. The van der Waals surface area contributed by atoms with Gasteiger partial charge in [-0.1, -0.05) is 48.5 Å². The Labute approximate surface area is 185 Å². The van der Waals surface area contributed by atoms with Crippen LogP contribution in [0.3, 0.4) is 0 Å². The highest BCUT2D eigenvalue weighted by Gasteiger charge is 2.26. The van der Waals surface area contributed by atoms with Gasteiger partial charge in [0.1, 0.15) is 0 Å². The number of aromatic nitrogens is 3. The minimum absolute atomic E-state index is 0.109. The smallest absolute Gasteiger partial charge is 0.293 e. The van der Waals surface area contributed by atoms with E-state index in [1.165, 1.54) is 5.56 Å². The highest BCUT2D eigenvalue weighted by molar-refractivity contribution is 7.07. The molecule has 0 atom stereocenters. The number of carbonyl (C=O) groups excluding carboxylic acids is 1. The number of amides is 1. The van der Waals surface area contributed by atoms with E-state index in [0.717, 1.165) is 30.9 Å². The van der Waals surface area contributed by atoms with E-state index in [2.05, 4.69) is 31.8 Å². The molecule has 2 aromatic carbocycles. The van der Waals surface area contributed by atoms with Gasteiger partial charge in [-0.05, 0) is 34.5 Å². The number of hydrogen-bond acceptors (Lipinski definition) is 5. The largest absolute Gasteiger partial charge is 0.333 e. The van der Waals surface area contributed by atoms with Gasteiger partial charge in [0.25, 0.3) is 5.91 Å². The van der Waals surface area contributed by atoms with Gasteiger partial charge in [-0.2, -0.15) is 11.3 Å². The van der Waals surface area contributed by atoms with E-state index in [4.69, 9.17) is 0 Å². The van der Waals surface area contributed by atoms with Crippen molar-refractivity contribution in [3.8, 4) is 17.1 Å². The summed E-state index contributed by atoms with van der Waals surface area (Å²) in [6, 6.07) is 21.9. The normalized spacial score (nSPS) is 14.6. The molecule has 31 heavy (non-hydrogen) atoms. The standard InChI is InChI=1S/C24H23N5OS/c30-24(28-14-12-27(13-15-28)17-19-11-16-31-18-19)22-25-23(20-7-3-1-4-8-20)29(26-22)21-9-5-2-6-10-21/h1-11,16,18H,12-15,17H2. The molecule has 6 nitrogen and oxygen atoms in total. The zero-order valence-corrected chi connectivity index (χ0v) is 17.9. The predicted molar refractivity (Wildman–Crippen MR) is 122 cm³/mol. The molecule has 3 heterocycles. The van der Waals surface area contributed by atoms with E-state index in [-0.39, 0.29) is 11.7 Å². The van der Waals surface area contributed by atoms with Crippen molar-refractivity contribution in [2.45, 2.75) is 6.54 Å². The van der Waals surface area contributed by atoms with Crippen LogP contribution in [0.4, 0.5) is 0 Å². The topological polar surface area (TPSA) is 54.3 Å². The molecular weight excluding hydrogens is 406 g/mol. The average Bonchev–Trinajstić information content (AvgIpc) is 3.51. The fraction of sp³-hybridized carbons (Fsp3) is 0.208. The first-order valence-corrected chi connectivity index (χ1v) is 11.3. The summed E-state index contributed by atoms with van der Waals surface area (Å²) in [6.07, 6.45) is 0. The van der Waals surface area contributed by atoms with Crippen LogP contribution in [0.2, 0.25) is 0 Å². The number of rotatable bonds is 5. The van der Waals surface area contributed by atoms with Crippen LogP contribution in [0.15, 0.2) is 77.5 Å². The maximum Gasteiger partial charge on any atom is 0.293 e. The molecule has 7 heteroatoms. The maximum atomic E-state index is 13.2. The summed E-state index contributed by atoms with van der Waals surface area (Å²) in [4.78, 5) is 22.1. The van der Waals surface area contributed by atoms with Crippen molar-refractivity contribution in [1.29, 1.82) is 0 Å². The molecular formula is C24H23N5OS. The minimum atomic E-state index is -0.109. The van der Waals surface area contributed by atoms with Gasteiger partial charge in [-0.3, -0.25) is 9.69 Å². The van der Waals surface area contributed by atoms with Gasteiger partial charge in [0, 0.05) is 38.3 Å². The van der Waals surface area contributed by atoms with Crippen molar-refractivity contribution in [2.75, 3.05) is 26.2 Å². The maximum absolute atomic E-state index is 13.2. The lowest BCUT2D eigenvalue weighted by Gasteiger charge is -2.34. The third-order valence-corrected chi connectivity index (χ3v) is 6.21. The first-order valence-electron chi connectivity index (χ1n) is 10.4. The predicted octanol–water partition coefficient (Wildman–Crippen LogP) is 3.95. The van der Waals surface area contributed by atoms with Crippen molar-refractivity contribution in [3.05, 3.63) is 88.9 Å². The minimum Gasteiger partial charge on any atom is -0.333 e. The Bertz CT molecular complexity index is 1080. The molecule has 0 spiro atoms. The molecule has 156 valence electrons. The highest BCUT2D eigenvalue weighted by Crippen LogP contribution is 2.22. The Hall–Kier alpha value is -3.29. The Morgan fingerprint density at radius 3 is 2.29 bits per heavy atom. The number of carbonyl (C=O) groups is 1. The quantitative estimate of drug-likeness (QED) is 0.482. The second-order valence-electron chi connectivity index (χ2n) is 7.57. The molecule has 1 fully saturated rings. The van der Waals surface area contributed by atoms with E-state index in [1.807, 2.05) is 65.6 Å². The lowest BCUT2D eigenvalue weighted by atomic mass is 10.2. The fourth-order valence-electron chi connectivity index (χ4n) is 3.82. The molecule has 1 aliphatic rings. The summed E-state index contributed by atoms with van der Waals surface area (Å²) >= 11 is 1.72. The zero-order valence-electron chi connectivity index (χ0n) is 17.1. The van der Waals surface area contributed by atoms with Crippen LogP contribution < -0.4 is 0 Å². The Morgan fingerprint density at radius 1 is 0.903 bits per heavy atom. The molecule has 0 bridgehead atoms. The van der Waals surface area contributed by atoms with E-state index in [9.17, 15) is 4.79 Å². The van der Waals surface area contributed by atoms with Crippen molar-refractivity contribution in [3.63, 3.8) is 0 Å². The Kier molecular flexibility index (Phi) is 5.60. The molecule has 0 radical (unpaired) electrons. The van der Waals surface area contributed by atoms with Crippen molar-refractivity contribution in [1.82, 2.24) is 24.6 Å². The average molecular weight is 430 g/mol. The SMILES string of the molecule is O=C(c1nc(-c2ccccc2)n(-c2ccccc2)n1)N1CCN(Cc2ccsc2)CC1. The number of nitrogens with zero attached hydrogens (tertiary/aromatic N) is 5. The summed E-state index contributed by atoms with van der Waals surface area (Å²) in [5.41, 5.74) is 3.15. The molecule has 5 rings (SSSR count). The van der Waals surface area contributed by atoms with Crippen LogP contribution in [0.5, 0.6) is 0 Å². The van der Waals surface area contributed by atoms with Gasteiger partial charge in [0.2, 0.25) is 5.82 Å². The van der Waals surface area contributed by atoms with Crippen LogP contribution in [0.25, 0.3) is 17.1 Å². The molecule has 4 aromatic rings. The first-order chi connectivity index (χ1) is 15.3. The molecule has 0 N–H and O–H groups in total. The first kappa shape index (κ1) is 19.7. The van der Waals surface area contributed by atoms with Crippen molar-refractivity contribution < 1.29 is 4.79 Å². The van der Waals surface area contributed by atoms with Crippen molar-refractivity contribution in [2.24, 2.45) is 0 Å². The molecule has 1 aliphatic heterocycles. The summed E-state index contributed by atoms with van der Waals surface area (Å²) < 4.78 is 1.76. The molecule has 1 amide bonds. The molecule has 1 saturated heterocycles. The Balaban J connectivity index is 1.36. The fourth-order valence-corrected chi connectivity index (χ4v) is 4.48. The summed E-state index contributed by atoms with van der Waals surface area (Å²) in [7, 11) is 0. The second-order valence-corrected chi connectivity index (χ2v) is 8.35. The van der Waals surface area contributed by atoms with Crippen LogP contribution in [0, 0.1) is 0 Å². The monoisotopic (exact) mass is 429 g/mol. The molecule has 0 aliphatic carbocycles. The third-order valence-electron chi connectivity index (χ3n) is 5.48. The summed E-state index contributed by atoms with van der Waals surface area (Å²) in [5, 5.41) is 8.90. The molecule has 2 aromatic heterocycles. The lowest BCUT2D eigenvalue weighted by Crippen LogP contribution is -2.48. The van der Waals surface area contributed by atoms with Gasteiger partial charge in [-0.15, -0.1) is 5.10 Å². The van der Waals surface area contributed by atoms with Crippen LogP contribution in [-0.2, 0) is 6.54 Å². The number of hydrogen-bond donors (Lipinski definition) is 0. The van der Waals surface area contributed by atoms with Crippen LogP contribution in [-0.4, -0.2) is 56.7 Å². The number of para-hydroxylation sites is 1. The number of thiophene rings is 1. The summed E-state index contributed by atoms with van der Waals surface area (Å²) in [6.45, 7) is 4.01. The third kappa shape index (κ3) is 4.28. The summed E-state index contributed by atoms with van der Waals surface area (Å²) in [5.74, 6) is 0.808. The van der Waals surface area contributed by atoms with E-state index in [1.54, 1.807) is 16.0 Å². The van der Waals surface area contributed by atoms with Gasteiger partial charge in [0.05, 0.1) is 5.69 Å². The highest BCUT2D eigenvalue weighted by atomic mass is 32.1. The second kappa shape index (κ2) is 8.83. The van der Waals surface area contributed by atoms with Crippen molar-refractivity contribution >= 4 is 17.2 Å². The van der Waals surface area contributed by atoms with E-state index in [0.29, 0.717) is 18.9 Å². The lowest BCUT2D eigenvalue weighted by molar-refractivity contribution is 0.0617. The van der Waals surface area contributed by atoms with Crippen LogP contribution in [0.1, 0.15) is 16.2 Å². The molecule has 0 unspecified atom stereocenters. The van der Waals surface area contributed by atoms with Gasteiger partial charge < -0.3 is 4.90 Å². The zero-order chi connectivity index (χ0) is 21.0. The van der Waals surface area contributed by atoms with E-state index >= 15 is 0 Å². The Morgan fingerprint density at radius 2 is 1.61 bits per heavy atom. The van der Waals surface area contributed by atoms with Gasteiger partial charge in [-0.25, -0.2) is 9.67 Å². The van der Waals surface area contributed by atoms with E-state index < -0.39 is 0 Å². The van der Waals surface area contributed by atoms with Gasteiger partial charge in [0.15, 0.2) is 5.82 Å². The van der Waals surface area contributed by atoms with Crippen LogP contribution >= 0.6 is 11.3 Å².